The van der Waals surface area contributed by atoms with E-state index in [0.29, 0.717) is 4.75 Å². The summed E-state index contributed by atoms with van der Waals surface area (Å²) in [6.07, 6.45) is 6.26. The highest BCUT2D eigenvalue weighted by Gasteiger charge is 2.32. The summed E-state index contributed by atoms with van der Waals surface area (Å²) in [6, 6.07) is 0. The Morgan fingerprint density at radius 1 is 1.50 bits per heavy atom. The van der Waals surface area contributed by atoms with Gasteiger partial charge in [0.25, 0.3) is 0 Å². The van der Waals surface area contributed by atoms with Gasteiger partial charge in [0.1, 0.15) is 0 Å². The van der Waals surface area contributed by atoms with E-state index >= 15 is 0 Å². The Morgan fingerprint density at radius 3 is 2.50 bits per heavy atom. The smallest absolute Gasteiger partial charge is 0.176 e. The van der Waals surface area contributed by atoms with Crippen LogP contribution < -0.4 is 0 Å². The van der Waals surface area contributed by atoms with E-state index < -0.39 is 0 Å². The number of rotatable bonds is 3. The summed E-state index contributed by atoms with van der Waals surface area (Å²) in [5, 5.41) is 0. The summed E-state index contributed by atoms with van der Waals surface area (Å²) < 4.78 is 0.335. The van der Waals surface area contributed by atoms with Crippen LogP contribution in [0.1, 0.15) is 39.0 Å². The molecule has 1 nitrogen and oxygen atoms in total. The Morgan fingerprint density at radius 2 is 2.10 bits per heavy atom. The van der Waals surface area contributed by atoms with E-state index in [-0.39, 0.29) is 0 Å². The molecule has 58 valence electrons. The van der Waals surface area contributed by atoms with Crippen molar-refractivity contribution in [3.8, 4) is 0 Å². The zero-order chi connectivity index (χ0) is 7.45. The van der Waals surface area contributed by atoms with Crippen LogP contribution in [0.2, 0.25) is 0 Å². The Bertz CT molecular complexity index is 116. The first-order valence-electron chi connectivity index (χ1n) is 3.94. The lowest BCUT2D eigenvalue weighted by molar-refractivity contribution is 0.563. The van der Waals surface area contributed by atoms with Gasteiger partial charge < -0.3 is 0 Å². The predicted molar refractivity (Wildman–Crippen MR) is 45.8 cm³/mol. The molecular formula is C8H14OS. The van der Waals surface area contributed by atoms with Crippen LogP contribution in [0.15, 0.2) is 0 Å². The maximum Gasteiger partial charge on any atom is 0.176 e. The maximum absolute atomic E-state index is 10.3. The van der Waals surface area contributed by atoms with E-state index in [9.17, 15) is 4.79 Å². The summed E-state index contributed by atoms with van der Waals surface area (Å²) in [6.45, 7) is 2.18. The maximum atomic E-state index is 10.3. The third kappa shape index (κ3) is 1.54. The van der Waals surface area contributed by atoms with Crippen LogP contribution in [0.5, 0.6) is 0 Å². The third-order valence-corrected chi connectivity index (χ3v) is 3.75. The first-order chi connectivity index (χ1) is 4.83. The molecule has 1 saturated carbocycles. The van der Waals surface area contributed by atoms with Crippen LogP contribution in [0.25, 0.3) is 0 Å². The van der Waals surface area contributed by atoms with E-state index in [2.05, 4.69) is 6.92 Å². The van der Waals surface area contributed by atoms with Crippen molar-refractivity contribution in [2.45, 2.75) is 43.8 Å². The van der Waals surface area contributed by atoms with Gasteiger partial charge in [0.05, 0.1) is 0 Å². The fourth-order valence-corrected chi connectivity index (χ4v) is 2.57. The van der Waals surface area contributed by atoms with E-state index in [1.807, 2.05) is 0 Å². The van der Waals surface area contributed by atoms with Crippen LogP contribution in [-0.4, -0.2) is 10.4 Å². The average molecular weight is 158 g/mol. The molecule has 0 spiro atoms. The molecule has 0 N–H and O–H groups in total. The number of carbonyl (C=O) groups is 1. The Kier molecular flexibility index (Phi) is 2.78. The monoisotopic (exact) mass is 158 g/mol. The second-order valence-electron chi connectivity index (χ2n) is 2.96. The van der Waals surface area contributed by atoms with Gasteiger partial charge in [0, 0.05) is 4.75 Å². The molecule has 0 unspecified atom stereocenters. The lowest BCUT2D eigenvalue weighted by atomic mass is 10.0. The molecule has 0 aliphatic heterocycles. The molecular weight excluding hydrogens is 144 g/mol. The molecule has 0 aromatic heterocycles. The first-order valence-corrected chi connectivity index (χ1v) is 4.82. The number of hydrogen-bond acceptors (Lipinski definition) is 2. The minimum Gasteiger partial charge on any atom is -0.291 e. The molecule has 1 aliphatic rings. The quantitative estimate of drug-likeness (QED) is 0.587. The number of thioether (sulfide) groups is 1. The van der Waals surface area contributed by atoms with Gasteiger partial charge >= 0.3 is 0 Å². The Hall–Kier alpha value is 0.0200. The molecule has 0 heterocycles. The van der Waals surface area contributed by atoms with Crippen molar-refractivity contribution in [2.75, 3.05) is 0 Å². The molecule has 2 heteroatoms. The zero-order valence-corrected chi connectivity index (χ0v) is 7.25. The van der Waals surface area contributed by atoms with E-state index in [0.717, 1.165) is 12.0 Å². The highest BCUT2D eigenvalue weighted by molar-refractivity contribution is 8.13. The second kappa shape index (κ2) is 3.42. The van der Waals surface area contributed by atoms with E-state index in [1.165, 1.54) is 37.4 Å². The minimum atomic E-state index is 0.335. The van der Waals surface area contributed by atoms with Crippen LogP contribution in [0.3, 0.4) is 0 Å². The van der Waals surface area contributed by atoms with Crippen LogP contribution >= 0.6 is 11.8 Å². The average Bonchev–Trinajstić information content (AvgIpc) is 2.39. The molecule has 0 amide bonds. The van der Waals surface area contributed by atoms with Gasteiger partial charge in [0.15, 0.2) is 5.62 Å². The lowest BCUT2D eigenvalue weighted by Crippen LogP contribution is -2.17. The SMILES string of the molecule is CCC1(SC=O)CCCC1. The van der Waals surface area contributed by atoms with Crippen molar-refractivity contribution in [1.82, 2.24) is 0 Å². The van der Waals surface area contributed by atoms with Crippen molar-refractivity contribution in [1.29, 1.82) is 0 Å². The number of carbonyl (C=O) groups excluding carboxylic acids is 1. The molecule has 1 rings (SSSR count). The molecule has 1 fully saturated rings. The largest absolute Gasteiger partial charge is 0.291 e. The van der Waals surface area contributed by atoms with Crippen molar-refractivity contribution in [3.05, 3.63) is 0 Å². The highest BCUT2D eigenvalue weighted by atomic mass is 32.2. The van der Waals surface area contributed by atoms with Crippen LogP contribution in [0.4, 0.5) is 0 Å². The zero-order valence-electron chi connectivity index (χ0n) is 6.43. The summed E-state index contributed by atoms with van der Waals surface area (Å²) >= 11 is 1.51. The third-order valence-electron chi connectivity index (χ3n) is 2.46. The van der Waals surface area contributed by atoms with Crippen molar-refractivity contribution < 1.29 is 4.79 Å². The summed E-state index contributed by atoms with van der Waals surface area (Å²) in [7, 11) is 0. The highest BCUT2D eigenvalue weighted by Crippen LogP contribution is 2.42. The topological polar surface area (TPSA) is 17.1 Å². The molecule has 0 bridgehead atoms. The van der Waals surface area contributed by atoms with Crippen molar-refractivity contribution >= 4 is 17.4 Å². The molecule has 0 aromatic rings. The van der Waals surface area contributed by atoms with Gasteiger partial charge in [-0.15, -0.1) is 0 Å². The van der Waals surface area contributed by atoms with Gasteiger partial charge in [0.2, 0.25) is 0 Å². The van der Waals surface area contributed by atoms with Gasteiger partial charge in [-0.05, 0) is 19.3 Å². The fourth-order valence-electron chi connectivity index (χ4n) is 1.68. The predicted octanol–water partition coefficient (Wildman–Crippen LogP) is 2.63. The second-order valence-corrected chi connectivity index (χ2v) is 4.25. The van der Waals surface area contributed by atoms with Crippen LogP contribution in [-0.2, 0) is 4.79 Å². The first kappa shape index (κ1) is 8.12. The summed E-state index contributed by atoms with van der Waals surface area (Å²) in [5.74, 6) is 0. The Labute approximate surface area is 66.6 Å². The van der Waals surface area contributed by atoms with Gasteiger partial charge in [-0.2, -0.15) is 0 Å². The summed E-state index contributed by atoms with van der Waals surface area (Å²) in [5.41, 5.74) is 1.01. The Balaban J connectivity index is 2.48. The standard InChI is InChI=1S/C8H14OS/c1-2-8(10-7-9)5-3-4-6-8/h7H,2-6H2,1H3. The van der Waals surface area contributed by atoms with E-state index in [1.54, 1.807) is 0 Å². The van der Waals surface area contributed by atoms with Gasteiger partial charge in [-0.3, -0.25) is 4.79 Å². The molecule has 10 heavy (non-hydrogen) atoms. The van der Waals surface area contributed by atoms with E-state index in [4.69, 9.17) is 0 Å². The number of hydrogen-bond donors (Lipinski definition) is 0. The lowest BCUT2D eigenvalue weighted by Gasteiger charge is -2.22. The normalized spacial score (nSPS) is 22.9. The molecule has 0 radical (unpaired) electrons. The summed E-state index contributed by atoms with van der Waals surface area (Å²) in [4.78, 5) is 10.3. The molecule has 0 atom stereocenters. The van der Waals surface area contributed by atoms with Gasteiger partial charge in [-0.1, -0.05) is 31.5 Å². The molecule has 0 aromatic carbocycles. The van der Waals surface area contributed by atoms with Crippen molar-refractivity contribution in [3.63, 3.8) is 0 Å². The molecule has 1 aliphatic carbocycles. The van der Waals surface area contributed by atoms with Gasteiger partial charge in [-0.25, -0.2) is 0 Å². The molecule has 0 saturated heterocycles. The van der Waals surface area contributed by atoms with Crippen LogP contribution in [0, 0.1) is 0 Å². The van der Waals surface area contributed by atoms with Crippen molar-refractivity contribution in [2.24, 2.45) is 0 Å². The fraction of sp³-hybridized carbons (Fsp3) is 0.875. The minimum absolute atomic E-state index is 0.335.